The number of rotatable bonds is 2. The largest absolute Gasteiger partial charge is 0.388 e. The lowest BCUT2D eigenvalue weighted by Crippen LogP contribution is -2.37. The zero-order valence-corrected chi connectivity index (χ0v) is 10.3. The van der Waals surface area contributed by atoms with E-state index in [9.17, 15) is 0 Å². The highest BCUT2D eigenvalue weighted by molar-refractivity contribution is 5.13. The van der Waals surface area contributed by atoms with Gasteiger partial charge in [-0.3, -0.25) is 0 Å². The van der Waals surface area contributed by atoms with E-state index in [0.29, 0.717) is 12.0 Å². The van der Waals surface area contributed by atoms with Crippen molar-refractivity contribution in [1.82, 2.24) is 10.6 Å². The number of piperidine rings is 2. The van der Waals surface area contributed by atoms with Crippen molar-refractivity contribution in [2.24, 2.45) is 5.92 Å². The number of hydrogen-bond donors (Lipinski definition) is 2. The van der Waals surface area contributed by atoms with Gasteiger partial charge in [0.05, 0.1) is 0 Å². The SMILES string of the molecule is CC1NCCCC1C=CC=C1CCCCN1. The molecule has 2 heteroatoms. The summed E-state index contributed by atoms with van der Waals surface area (Å²) in [5.41, 5.74) is 1.42. The monoisotopic (exact) mass is 220 g/mol. The van der Waals surface area contributed by atoms with Gasteiger partial charge in [0.1, 0.15) is 0 Å². The highest BCUT2D eigenvalue weighted by Crippen LogP contribution is 2.18. The maximum Gasteiger partial charge on any atom is 0.0144 e. The van der Waals surface area contributed by atoms with Crippen molar-refractivity contribution in [2.45, 2.75) is 45.1 Å². The molecule has 0 bridgehead atoms. The van der Waals surface area contributed by atoms with Crippen molar-refractivity contribution in [3.8, 4) is 0 Å². The van der Waals surface area contributed by atoms with E-state index in [4.69, 9.17) is 0 Å². The van der Waals surface area contributed by atoms with E-state index in [1.165, 1.54) is 44.3 Å². The molecule has 2 atom stereocenters. The summed E-state index contributed by atoms with van der Waals surface area (Å²) in [7, 11) is 0. The van der Waals surface area contributed by atoms with Crippen molar-refractivity contribution < 1.29 is 0 Å². The number of allylic oxidation sites excluding steroid dienone is 3. The Balaban J connectivity index is 1.83. The Morgan fingerprint density at radius 3 is 2.88 bits per heavy atom. The summed E-state index contributed by atoms with van der Waals surface area (Å²) in [6.45, 7) is 4.63. The maximum absolute atomic E-state index is 3.53. The van der Waals surface area contributed by atoms with Crippen LogP contribution in [0.25, 0.3) is 0 Å². The standard InChI is InChI=1S/C14H24N2/c1-12-13(7-5-11-15-12)6-4-9-14-8-2-3-10-16-14/h4,6,9,12-13,15-16H,2-3,5,7-8,10-11H2,1H3. The molecule has 0 amide bonds. The lowest BCUT2D eigenvalue weighted by Gasteiger charge is -2.27. The molecular formula is C14H24N2. The van der Waals surface area contributed by atoms with Crippen LogP contribution < -0.4 is 10.6 Å². The lowest BCUT2D eigenvalue weighted by molar-refractivity contribution is 0.348. The van der Waals surface area contributed by atoms with Crippen LogP contribution in [0.4, 0.5) is 0 Å². The predicted octanol–water partition coefficient (Wildman–Crippen LogP) is 2.59. The molecule has 2 fully saturated rings. The van der Waals surface area contributed by atoms with Crippen molar-refractivity contribution in [1.29, 1.82) is 0 Å². The third-order valence-corrected chi connectivity index (χ3v) is 3.70. The molecule has 2 heterocycles. The molecule has 2 nitrogen and oxygen atoms in total. The molecule has 2 aliphatic rings. The van der Waals surface area contributed by atoms with E-state index in [0.717, 1.165) is 6.54 Å². The lowest BCUT2D eigenvalue weighted by atomic mass is 9.91. The highest BCUT2D eigenvalue weighted by atomic mass is 14.9. The Bertz CT molecular complexity index is 260. The van der Waals surface area contributed by atoms with Crippen LogP contribution in [-0.2, 0) is 0 Å². The highest BCUT2D eigenvalue weighted by Gasteiger charge is 2.17. The molecule has 0 radical (unpaired) electrons. The number of nitrogens with one attached hydrogen (secondary N) is 2. The van der Waals surface area contributed by atoms with Crippen molar-refractivity contribution in [3.63, 3.8) is 0 Å². The molecule has 2 saturated heterocycles. The van der Waals surface area contributed by atoms with Crippen molar-refractivity contribution in [2.75, 3.05) is 13.1 Å². The van der Waals surface area contributed by atoms with Crippen LogP contribution in [0.15, 0.2) is 23.9 Å². The molecule has 2 rings (SSSR count). The van der Waals surface area contributed by atoms with Crippen molar-refractivity contribution >= 4 is 0 Å². The first-order chi connectivity index (χ1) is 7.86. The average molecular weight is 220 g/mol. The fourth-order valence-corrected chi connectivity index (χ4v) is 2.57. The predicted molar refractivity (Wildman–Crippen MR) is 69.3 cm³/mol. The molecule has 2 N–H and O–H groups in total. The molecule has 2 unspecified atom stereocenters. The Morgan fingerprint density at radius 1 is 1.19 bits per heavy atom. The molecule has 0 saturated carbocycles. The minimum absolute atomic E-state index is 0.641. The third-order valence-electron chi connectivity index (χ3n) is 3.70. The summed E-state index contributed by atoms with van der Waals surface area (Å²) in [6.07, 6.45) is 13.4. The van der Waals surface area contributed by atoms with Crippen LogP contribution >= 0.6 is 0 Å². The van der Waals surface area contributed by atoms with Crippen LogP contribution in [0, 0.1) is 5.92 Å². The van der Waals surface area contributed by atoms with Crippen LogP contribution in [0.1, 0.15) is 39.0 Å². The molecule has 16 heavy (non-hydrogen) atoms. The van der Waals surface area contributed by atoms with Crippen LogP contribution in [-0.4, -0.2) is 19.1 Å². The third kappa shape index (κ3) is 3.38. The first kappa shape index (κ1) is 11.7. The summed E-state index contributed by atoms with van der Waals surface area (Å²) in [6, 6.07) is 0.641. The van der Waals surface area contributed by atoms with Crippen LogP contribution in [0.2, 0.25) is 0 Å². The van der Waals surface area contributed by atoms with Gasteiger partial charge in [-0.2, -0.15) is 0 Å². The van der Waals surface area contributed by atoms with Gasteiger partial charge < -0.3 is 10.6 Å². The van der Waals surface area contributed by atoms with E-state index in [2.05, 4.69) is 35.8 Å². The summed E-state index contributed by atoms with van der Waals surface area (Å²) in [5.74, 6) is 0.717. The van der Waals surface area contributed by atoms with Gasteiger partial charge in [0.25, 0.3) is 0 Å². The summed E-state index contributed by atoms with van der Waals surface area (Å²) in [5, 5.41) is 7.00. The van der Waals surface area contributed by atoms with E-state index in [1.54, 1.807) is 0 Å². The van der Waals surface area contributed by atoms with Crippen LogP contribution in [0.5, 0.6) is 0 Å². The second-order valence-corrected chi connectivity index (χ2v) is 5.01. The second-order valence-electron chi connectivity index (χ2n) is 5.01. The van der Waals surface area contributed by atoms with E-state index in [1.807, 2.05) is 0 Å². The van der Waals surface area contributed by atoms with E-state index < -0.39 is 0 Å². The Labute approximate surface area is 99.2 Å². The average Bonchev–Trinajstić information content (AvgIpc) is 2.33. The summed E-state index contributed by atoms with van der Waals surface area (Å²) >= 11 is 0. The normalized spacial score (nSPS) is 34.2. The minimum Gasteiger partial charge on any atom is -0.388 e. The Morgan fingerprint density at radius 2 is 2.12 bits per heavy atom. The van der Waals surface area contributed by atoms with E-state index in [-0.39, 0.29) is 0 Å². The maximum atomic E-state index is 3.53. The smallest absolute Gasteiger partial charge is 0.0144 e. The van der Waals surface area contributed by atoms with Crippen molar-refractivity contribution in [3.05, 3.63) is 23.9 Å². The molecule has 0 aliphatic carbocycles. The molecule has 0 aromatic heterocycles. The second kappa shape index (κ2) is 6.09. The van der Waals surface area contributed by atoms with Gasteiger partial charge in [0.15, 0.2) is 0 Å². The fraction of sp³-hybridized carbons (Fsp3) is 0.714. The first-order valence-corrected chi connectivity index (χ1v) is 6.71. The van der Waals surface area contributed by atoms with Gasteiger partial charge in [-0.1, -0.05) is 12.2 Å². The molecule has 0 aromatic rings. The van der Waals surface area contributed by atoms with Gasteiger partial charge in [-0.05, 0) is 57.6 Å². The number of hydrogen-bond acceptors (Lipinski definition) is 2. The summed E-state index contributed by atoms with van der Waals surface area (Å²) in [4.78, 5) is 0. The minimum atomic E-state index is 0.641. The first-order valence-electron chi connectivity index (χ1n) is 6.71. The molecular weight excluding hydrogens is 196 g/mol. The Kier molecular flexibility index (Phi) is 4.46. The quantitative estimate of drug-likeness (QED) is 0.747. The zero-order chi connectivity index (χ0) is 11.2. The van der Waals surface area contributed by atoms with Gasteiger partial charge in [-0.25, -0.2) is 0 Å². The van der Waals surface area contributed by atoms with Gasteiger partial charge in [0, 0.05) is 18.3 Å². The molecule has 0 spiro atoms. The molecule has 0 aromatic carbocycles. The topological polar surface area (TPSA) is 24.1 Å². The summed E-state index contributed by atoms with van der Waals surface area (Å²) < 4.78 is 0. The van der Waals surface area contributed by atoms with Gasteiger partial charge >= 0.3 is 0 Å². The fourth-order valence-electron chi connectivity index (χ4n) is 2.57. The van der Waals surface area contributed by atoms with Gasteiger partial charge in [0.2, 0.25) is 0 Å². The molecule has 90 valence electrons. The van der Waals surface area contributed by atoms with Gasteiger partial charge in [-0.15, -0.1) is 0 Å². The Hall–Kier alpha value is -0.760. The zero-order valence-electron chi connectivity index (χ0n) is 10.3. The van der Waals surface area contributed by atoms with Crippen LogP contribution in [0.3, 0.4) is 0 Å². The van der Waals surface area contributed by atoms with E-state index >= 15 is 0 Å². The molecule has 2 aliphatic heterocycles.